The molecule has 0 radical (unpaired) electrons. The minimum absolute atomic E-state index is 0.0526. The van der Waals surface area contributed by atoms with Gasteiger partial charge in [-0.1, -0.05) is 30.7 Å². The zero-order valence-electron chi connectivity index (χ0n) is 18.4. The summed E-state index contributed by atoms with van der Waals surface area (Å²) >= 11 is 6.32. The van der Waals surface area contributed by atoms with Gasteiger partial charge in [0.2, 0.25) is 0 Å². The summed E-state index contributed by atoms with van der Waals surface area (Å²) in [6.07, 6.45) is 0.794. The van der Waals surface area contributed by atoms with Crippen molar-refractivity contribution in [2.45, 2.75) is 20.0 Å². The molecule has 0 saturated carbocycles. The van der Waals surface area contributed by atoms with Crippen LogP contribution in [-0.4, -0.2) is 68.1 Å². The monoisotopic (exact) mass is 482 g/mol. The van der Waals surface area contributed by atoms with Crippen molar-refractivity contribution in [3.63, 3.8) is 0 Å². The Balaban J connectivity index is 1.68. The summed E-state index contributed by atoms with van der Waals surface area (Å²) in [5, 5.41) is 0.274. The highest BCUT2D eigenvalue weighted by molar-refractivity contribution is 6.32. The molecule has 1 saturated heterocycles. The van der Waals surface area contributed by atoms with E-state index in [4.69, 9.17) is 21.1 Å². The molecule has 0 N–H and O–H groups in total. The number of ether oxygens (including phenoxy) is 3. The van der Waals surface area contributed by atoms with Gasteiger partial charge in [0.25, 0.3) is 11.8 Å². The third kappa shape index (κ3) is 5.84. The first-order valence-electron chi connectivity index (χ1n) is 10.5. The molecule has 0 atom stereocenters. The van der Waals surface area contributed by atoms with Gasteiger partial charge in [-0.05, 0) is 30.7 Å². The average molecular weight is 483 g/mol. The van der Waals surface area contributed by atoms with Crippen LogP contribution in [0.4, 0.5) is 8.78 Å². The summed E-state index contributed by atoms with van der Waals surface area (Å²) in [5.74, 6) is -0.115. The molecular weight excluding hydrogens is 458 g/mol. The Kier molecular flexibility index (Phi) is 8.32. The Labute approximate surface area is 195 Å². The molecule has 2 aromatic rings. The standard InChI is InChI=1S/C23H25ClF2N2O5/c1-3-12-32-20-17(24)13-15(14-19(20)31-2)21(29)27-8-10-28(11-9-27)22(30)16-6-4-5-7-18(16)33-23(25)26/h4-7,13-14,23H,3,8-12H2,1-2H3. The van der Waals surface area contributed by atoms with Crippen molar-refractivity contribution < 1.29 is 32.6 Å². The number of halogens is 3. The van der Waals surface area contributed by atoms with E-state index in [1.165, 1.54) is 36.3 Å². The first-order valence-corrected chi connectivity index (χ1v) is 10.9. The minimum atomic E-state index is -3.03. The summed E-state index contributed by atoms with van der Waals surface area (Å²) in [4.78, 5) is 29.0. The molecule has 10 heteroatoms. The molecule has 0 bridgehead atoms. The molecule has 2 amide bonds. The molecule has 1 fully saturated rings. The lowest BCUT2D eigenvalue weighted by Crippen LogP contribution is -2.50. The molecule has 2 aromatic carbocycles. The van der Waals surface area contributed by atoms with Crippen LogP contribution in [0.3, 0.4) is 0 Å². The van der Waals surface area contributed by atoms with Gasteiger partial charge in [-0.3, -0.25) is 9.59 Å². The van der Waals surface area contributed by atoms with Gasteiger partial charge in [0.05, 0.1) is 24.3 Å². The average Bonchev–Trinajstić information content (AvgIpc) is 2.82. The van der Waals surface area contributed by atoms with E-state index in [-0.39, 0.29) is 48.4 Å². The Hall–Kier alpha value is -3.07. The van der Waals surface area contributed by atoms with Gasteiger partial charge < -0.3 is 24.0 Å². The van der Waals surface area contributed by atoms with Gasteiger partial charge >= 0.3 is 6.61 Å². The van der Waals surface area contributed by atoms with E-state index in [1.807, 2.05) is 6.92 Å². The molecule has 1 aliphatic heterocycles. The molecule has 3 rings (SSSR count). The summed E-state index contributed by atoms with van der Waals surface area (Å²) in [6, 6.07) is 8.97. The van der Waals surface area contributed by atoms with Crippen molar-refractivity contribution in [1.29, 1.82) is 0 Å². The maximum absolute atomic E-state index is 13.0. The molecule has 33 heavy (non-hydrogen) atoms. The topological polar surface area (TPSA) is 68.3 Å². The van der Waals surface area contributed by atoms with Crippen molar-refractivity contribution in [1.82, 2.24) is 9.80 Å². The molecule has 178 valence electrons. The smallest absolute Gasteiger partial charge is 0.387 e. The van der Waals surface area contributed by atoms with E-state index in [1.54, 1.807) is 17.0 Å². The molecule has 1 heterocycles. The van der Waals surface area contributed by atoms with Crippen LogP contribution in [0.1, 0.15) is 34.1 Å². The number of carbonyl (C=O) groups is 2. The maximum atomic E-state index is 13.0. The van der Waals surface area contributed by atoms with Crippen LogP contribution in [0.2, 0.25) is 5.02 Å². The lowest BCUT2D eigenvalue weighted by Gasteiger charge is -2.35. The van der Waals surface area contributed by atoms with Crippen LogP contribution in [0.15, 0.2) is 36.4 Å². The van der Waals surface area contributed by atoms with Crippen molar-refractivity contribution in [3.05, 3.63) is 52.5 Å². The first-order chi connectivity index (χ1) is 15.8. The number of para-hydroxylation sites is 1. The quantitative estimate of drug-likeness (QED) is 0.560. The molecule has 0 spiro atoms. The summed E-state index contributed by atoms with van der Waals surface area (Å²) in [6.45, 7) is 0.438. The van der Waals surface area contributed by atoms with E-state index in [0.717, 1.165) is 6.42 Å². The normalized spacial score (nSPS) is 13.8. The fourth-order valence-corrected chi connectivity index (χ4v) is 3.76. The lowest BCUT2D eigenvalue weighted by atomic mass is 10.1. The lowest BCUT2D eigenvalue weighted by molar-refractivity contribution is -0.0503. The number of piperazine rings is 1. The Morgan fingerprint density at radius 2 is 1.67 bits per heavy atom. The van der Waals surface area contributed by atoms with E-state index in [9.17, 15) is 18.4 Å². The minimum Gasteiger partial charge on any atom is -0.493 e. The Morgan fingerprint density at radius 3 is 2.27 bits per heavy atom. The van der Waals surface area contributed by atoms with Gasteiger partial charge in [-0.25, -0.2) is 0 Å². The molecule has 0 aliphatic carbocycles. The number of carbonyl (C=O) groups excluding carboxylic acids is 2. The number of amides is 2. The van der Waals surface area contributed by atoms with E-state index in [2.05, 4.69) is 4.74 Å². The number of rotatable bonds is 8. The van der Waals surface area contributed by atoms with E-state index >= 15 is 0 Å². The first kappa shape index (κ1) is 24.6. The molecule has 0 unspecified atom stereocenters. The second-order valence-corrected chi connectivity index (χ2v) is 7.70. The Bertz CT molecular complexity index is 997. The second kappa shape index (κ2) is 11.2. The molecule has 0 aromatic heterocycles. The van der Waals surface area contributed by atoms with Gasteiger partial charge in [0.1, 0.15) is 5.75 Å². The van der Waals surface area contributed by atoms with Gasteiger partial charge in [0.15, 0.2) is 11.5 Å². The predicted molar refractivity (Wildman–Crippen MR) is 119 cm³/mol. The van der Waals surface area contributed by atoms with E-state index < -0.39 is 12.5 Å². The van der Waals surface area contributed by atoms with Crippen LogP contribution >= 0.6 is 11.6 Å². The van der Waals surface area contributed by atoms with Crippen molar-refractivity contribution in [2.75, 3.05) is 39.9 Å². The predicted octanol–water partition coefficient (Wildman–Crippen LogP) is 4.34. The van der Waals surface area contributed by atoms with Crippen molar-refractivity contribution in [3.8, 4) is 17.2 Å². The van der Waals surface area contributed by atoms with Gasteiger partial charge in [-0.2, -0.15) is 8.78 Å². The number of nitrogens with zero attached hydrogens (tertiary/aromatic N) is 2. The zero-order valence-corrected chi connectivity index (χ0v) is 19.1. The van der Waals surface area contributed by atoms with Crippen LogP contribution in [0.5, 0.6) is 17.2 Å². The summed E-state index contributed by atoms with van der Waals surface area (Å²) in [5.41, 5.74) is 0.396. The maximum Gasteiger partial charge on any atom is 0.387 e. The van der Waals surface area contributed by atoms with E-state index in [0.29, 0.717) is 23.7 Å². The van der Waals surface area contributed by atoms with Crippen LogP contribution in [-0.2, 0) is 0 Å². The highest BCUT2D eigenvalue weighted by Crippen LogP contribution is 2.37. The third-order valence-electron chi connectivity index (χ3n) is 5.11. The summed E-state index contributed by atoms with van der Waals surface area (Å²) in [7, 11) is 1.47. The highest BCUT2D eigenvalue weighted by atomic mass is 35.5. The second-order valence-electron chi connectivity index (χ2n) is 7.30. The fraction of sp³-hybridized carbons (Fsp3) is 0.391. The Morgan fingerprint density at radius 1 is 1.03 bits per heavy atom. The van der Waals surface area contributed by atoms with Crippen LogP contribution in [0.25, 0.3) is 0 Å². The number of alkyl halides is 2. The van der Waals surface area contributed by atoms with Gasteiger partial charge in [0, 0.05) is 31.7 Å². The fourth-order valence-electron chi connectivity index (χ4n) is 3.50. The number of benzene rings is 2. The zero-order chi connectivity index (χ0) is 24.0. The van der Waals surface area contributed by atoms with Crippen LogP contribution in [0, 0.1) is 0 Å². The molecule has 1 aliphatic rings. The number of hydrogen-bond donors (Lipinski definition) is 0. The SMILES string of the molecule is CCCOc1c(Cl)cc(C(=O)N2CCN(C(=O)c3ccccc3OC(F)F)CC2)cc1OC. The van der Waals surface area contributed by atoms with Crippen LogP contribution < -0.4 is 14.2 Å². The molecule has 7 nitrogen and oxygen atoms in total. The van der Waals surface area contributed by atoms with Gasteiger partial charge in [-0.15, -0.1) is 0 Å². The summed E-state index contributed by atoms with van der Waals surface area (Å²) < 4.78 is 40.7. The van der Waals surface area contributed by atoms with Crippen molar-refractivity contribution >= 4 is 23.4 Å². The number of methoxy groups -OCH3 is 1. The third-order valence-corrected chi connectivity index (χ3v) is 5.40. The molecular formula is C23H25ClF2N2O5. The highest BCUT2D eigenvalue weighted by Gasteiger charge is 2.28. The largest absolute Gasteiger partial charge is 0.493 e. The van der Waals surface area contributed by atoms with Crippen molar-refractivity contribution in [2.24, 2.45) is 0 Å². The number of hydrogen-bond acceptors (Lipinski definition) is 5.